The molecule has 5 nitrogen and oxygen atoms in total. The van der Waals surface area contributed by atoms with Crippen molar-refractivity contribution in [3.05, 3.63) is 34.1 Å². The summed E-state index contributed by atoms with van der Waals surface area (Å²) in [6.07, 6.45) is 1.53. The van der Waals surface area contributed by atoms with E-state index in [0.29, 0.717) is 18.7 Å². The molecule has 0 fully saturated rings. The monoisotopic (exact) mass is 256 g/mol. The van der Waals surface area contributed by atoms with Gasteiger partial charge in [0.1, 0.15) is 5.82 Å². The number of aliphatic hydroxyl groups excluding tert-OH is 1. The first-order valence-electron chi connectivity index (χ1n) is 5.86. The van der Waals surface area contributed by atoms with Crippen LogP contribution in [0.3, 0.4) is 0 Å². The van der Waals surface area contributed by atoms with Gasteiger partial charge in [-0.05, 0) is 18.4 Å². The van der Waals surface area contributed by atoms with Crippen LogP contribution < -0.4 is 5.32 Å². The van der Waals surface area contributed by atoms with Gasteiger partial charge in [-0.25, -0.2) is 4.39 Å². The predicted molar refractivity (Wildman–Crippen MR) is 67.0 cm³/mol. The van der Waals surface area contributed by atoms with Crippen LogP contribution in [0.5, 0.6) is 0 Å². The van der Waals surface area contributed by atoms with Crippen LogP contribution in [-0.4, -0.2) is 23.2 Å². The molecule has 0 aliphatic rings. The van der Waals surface area contributed by atoms with E-state index in [1.807, 2.05) is 6.92 Å². The second kappa shape index (κ2) is 6.90. The molecular weight excluding hydrogens is 239 g/mol. The maximum absolute atomic E-state index is 13.2. The van der Waals surface area contributed by atoms with Crippen molar-refractivity contribution in [2.24, 2.45) is 5.92 Å². The highest BCUT2D eigenvalue weighted by Crippen LogP contribution is 2.20. The van der Waals surface area contributed by atoms with Crippen LogP contribution >= 0.6 is 0 Å². The third kappa shape index (κ3) is 4.29. The van der Waals surface area contributed by atoms with E-state index in [9.17, 15) is 14.5 Å². The average Bonchev–Trinajstić information content (AvgIpc) is 2.33. The van der Waals surface area contributed by atoms with E-state index < -0.39 is 10.7 Å². The summed E-state index contributed by atoms with van der Waals surface area (Å²) in [7, 11) is 0. The molecule has 6 heteroatoms. The van der Waals surface area contributed by atoms with Crippen molar-refractivity contribution in [2.75, 3.05) is 18.5 Å². The van der Waals surface area contributed by atoms with Crippen molar-refractivity contribution >= 4 is 11.4 Å². The van der Waals surface area contributed by atoms with Gasteiger partial charge in [-0.15, -0.1) is 0 Å². The molecule has 100 valence electrons. The Bertz CT molecular complexity index is 412. The quantitative estimate of drug-likeness (QED) is 0.580. The SMILES string of the molecule is CCC(CCO)CNc1cc(F)cc([N+](=O)[O-])c1. The van der Waals surface area contributed by atoms with Crippen molar-refractivity contribution in [3.8, 4) is 0 Å². The van der Waals surface area contributed by atoms with Crippen molar-refractivity contribution in [1.82, 2.24) is 0 Å². The third-order valence-corrected chi connectivity index (χ3v) is 2.80. The van der Waals surface area contributed by atoms with Crippen LogP contribution in [0.15, 0.2) is 18.2 Å². The van der Waals surface area contributed by atoms with E-state index in [1.54, 1.807) is 0 Å². The van der Waals surface area contributed by atoms with Crippen LogP contribution in [0.25, 0.3) is 0 Å². The highest BCUT2D eigenvalue weighted by Gasteiger charge is 2.11. The predicted octanol–water partition coefficient (Wildman–Crippen LogP) is 2.55. The van der Waals surface area contributed by atoms with E-state index in [2.05, 4.69) is 5.32 Å². The lowest BCUT2D eigenvalue weighted by Crippen LogP contribution is -2.15. The number of aliphatic hydroxyl groups is 1. The standard InChI is InChI=1S/C12H17FN2O3/c1-2-9(3-4-16)8-14-11-5-10(13)6-12(7-11)15(17)18/h5-7,9,14,16H,2-4,8H2,1H3. The van der Waals surface area contributed by atoms with Gasteiger partial charge in [0.25, 0.3) is 5.69 Å². The Labute approximate surface area is 105 Å². The lowest BCUT2D eigenvalue weighted by atomic mass is 10.0. The molecule has 0 heterocycles. The van der Waals surface area contributed by atoms with Gasteiger partial charge in [0, 0.05) is 24.9 Å². The number of benzene rings is 1. The first-order chi connectivity index (χ1) is 8.56. The first-order valence-corrected chi connectivity index (χ1v) is 5.86. The average molecular weight is 256 g/mol. The Morgan fingerprint density at radius 3 is 2.78 bits per heavy atom. The van der Waals surface area contributed by atoms with E-state index >= 15 is 0 Å². The Hall–Kier alpha value is -1.69. The highest BCUT2D eigenvalue weighted by molar-refractivity contribution is 5.51. The molecule has 0 aliphatic heterocycles. The molecule has 18 heavy (non-hydrogen) atoms. The van der Waals surface area contributed by atoms with Crippen LogP contribution in [0.4, 0.5) is 15.8 Å². The molecule has 2 N–H and O–H groups in total. The van der Waals surface area contributed by atoms with Gasteiger partial charge in [-0.1, -0.05) is 13.3 Å². The molecule has 1 unspecified atom stereocenters. The van der Waals surface area contributed by atoms with Crippen LogP contribution in [0.1, 0.15) is 19.8 Å². The molecule has 0 radical (unpaired) electrons. The number of non-ortho nitro benzene ring substituents is 1. The van der Waals surface area contributed by atoms with Crippen molar-refractivity contribution in [1.29, 1.82) is 0 Å². The van der Waals surface area contributed by atoms with Crippen LogP contribution in [0, 0.1) is 21.8 Å². The summed E-state index contributed by atoms with van der Waals surface area (Å²) in [6, 6.07) is 3.41. The molecule has 0 bridgehead atoms. The third-order valence-electron chi connectivity index (χ3n) is 2.80. The van der Waals surface area contributed by atoms with Gasteiger partial charge >= 0.3 is 0 Å². The summed E-state index contributed by atoms with van der Waals surface area (Å²) in [5, 5.41) is 22.4. The number of hydrogen-bond acceptors (Lipinski definition) is 4. The number of nitro benzene ring substituents is 1. The highest BCUT2D eigenvalue weighted by atomic mass is 19.1. The van der Waals surface area contributed by atoms with Crippen LogP contribution in [-0.2, 0) is 0 Å². The van der Waals surface area contributed by atoms with Crippen molar-refractivity contribution in [3.63, 3.8) is 0 Å². The molecule has 0 aliphatic carbocycles. The van der Waals surface area contributed by atoms with Gasteiger partial charge in [0.2, 0.25) is 0 Å². The summed E-state index contributed by atoms with van der Waals surface area (Å²) in [5.41, 5.74) is 0.116. The van der Waals surface area contributed by atoms with Crippen molar-refractivity contribution < 1.29 is 14.4 Å². The molecule has 1 aromatic carbocycles. The maximum atomic E-state index is 13.2. The molecule has 1 aromatic rings. The number of rotatable bonds is 7. The number of nitro groups is 1. The minimum absolute atomic E-state index is 0.101. The van der Waals surface area contributed by atoms with E-state index in [0.717, 1.165) is 12.5 Å². The zero-order chi connectivity index (χ0) is 13.5. The molecule has 1 rings (SSSR count). The van der Waals surface area contributed by atoms with Crippen molar-refractivity contribution in [2.45, 2.75) is 19.8 Å². The number of nitrogens with zero attached hydrogens (tertiary/aromatic N) is 1. The fourth-order valence-corrected chi connectivity index (χ4v) is 1.68. The molecule has 0 saturated heterocycles. The minimum Gasteiger partial charge on any atom is -0.396 e. The van der Waals surface area contributed by atoms with Gasteiger partial charge in [-0.2, -0.15) is 0 Å². The minimum atomic E-state index is -0.637. The zero-order valence-corrected chi connectivity index (χ0v) is 10.2. The van der Waals surface area contributed by atoms with E-state index in [1.165, 1.54) is 12.1 Å². The smallest absolute Gasteiger partial charge is 0.274 e. The fourth-order valence-electron chi connectivity index (χ4n) is 1.68. The molecular formula is C12H17FN2O3. The summed E-state index contributed by atoms with van der Waals surface area (Å²) in [6.45, 7) is 2.65. The van der Waals surface area contributed by atoms with Gasteiger partial charge in [0.05, 0.1) is 11.0 Å². The Balaban J connectivity index is 2.69. The number of anilines is 1. The van der Waals surface area contributed by atoms with E-state index in [-0.39, 0.29) is 18.2 Å². The summed E-state index contributed by atoms with van der Waals surface area (Å²) >= 11 is 0. The van der Waals surface area contributed by atoms with Gasteiger partial charge < -0.3 is 10.4 Å². The summed E-state index contributed by atoms with van der Waals surface area (Å²) in [5.74, 6) is -0.376. The fraction of sp³-hybridized carbons (Fsp3) is 0.500. The number of halogens is 1. The number of hydrogen-bond donors (Lipinski definition) is 2. The molecule has 1 atom stereocenters. The second-order valence-corrected chi connectivity index (χ2v) is 4.12. The zero-order valence-electron chi connectivity index (χ0n) is 10.2. The van der Waals surface area contributed by atoms with Gasteiger partial charge in [-0.3, -0.25) is 10.1 Å². The van der Waals surface area contributed by atoms with Gasteiger partial charge in [0.15, 0.2) is 0 Å². The Kier molecular flexibility index (Phi) is 5.51. The lowest BCUT2D eigenvalue weighted by molar-refractivity contribution is -0.385. The lowest BCUT2D eigenvalue weighted by Gasteiger charge is -2.15. The summed E-state index contributed by atoms with van der Waals surface area (Å²) < 4.78 is 13.2. The Morgan fingerprint density at radius 1 is 1.50 bits per heavy atom. The second-order valence-electron chi connectivity index (χ2n) is 4.12. The molecule has 0 amide bonds. The maximum Gasteiger partial charge on any atom is 0.274 e. The molecule has 0 spiro atoms. The van der Waals surface area contributed by atoms with Crippen LogP contribution in [0.2, 0.25) is 0 Å². The van der Waals surface area contributed by atoms with E-state index in [4.69, 9.17) is 5.11 Å². The summed E-state index contributed by atoms with van der Waals surface area (Å²) in [4.78, 5) is 9.95. The topological polar surface area (TPSA) is 75.4 Å². The largest absolute Gasteiger partial charge is 0.396 e. The molecule has 0 aromatic heterocycles. The molecule has 0 saturated carbocycles. The number of nitrogens with one attached hydrogen (secondary N) is 1. The first kappa shape index (κ1) is 14.4. The Morgan fingerprint density at radius 2 is 2.22 bits per heavy atom. The normalized spacial score (nSPS) is 12.2.